The number of rotatable bonds is 17. The maximum atomic E-state index is 11.4. The summed E-state index contributed by atoms with van der Waals surface area (Å²) in [6.45, 7) is 16.1. The van der Waals surface area contributed by atoms with Gasteiger partial charge in [0.25, 0.3) is 0 Å². The van der Waals surface area contributed by atoms with Crippen LogP contribution in [0.15, 0.2) is 0 Å². The first kappa shape index (κ1) is 26.8. The van der Waals surface area contributed by atoms with Crippen LogP contribution in [0.3, 0.4) is 0 Å². The fourth-order valence-corrected chi connectivity index (χ4v) is 2.52. The molecule has 164 valence electrons. The maximum absolute atomic E-state index is 11.4. The monoisotopic (exact) mass is 392 g/mol. The summed E-state index contributed by atoms with van der Waals surface area (Å²) < 4.78 is 29.3. The molecule has 3 atom stereocenters. The van der Waals surface area contributed by atoms with Crippen LogP contribution in [-0.2, 0) is 23.7 Å². The zero-order valence-electron chi connectivity index (χ0n) is 18.7. The fourth-order valence-electron chi connectivity index (χ4n) is 2.52. The fraction of sp³-hybridized carbons (Fsp3) is 1.00. The van der Waals surface area contributed by atoms with Crippen LogP contribution in [0.2, 0.25) is 0 Å². The highest BCUT2D eigenvalue weighted by atomic mass is 16.9. The molecular weight excluding hydrogens is 348 g/mol. The third-order valence-corrected chi connectivity index (χ3v) is 3.59. The number of hydrogen-bond donors (Lipinski definition) is 1. The second-order valence-electron chi connectivity index (χ2n) is 7.81. The summed E-state index contributed by atoms with van der Waals surface area (Å²) in [6, 6.07) is 0. The Labute approximate surface area is 166 Å². The molecule has 27 heavy (non-hydrogen) atoms. The average molecular weight is 393 g/mol. The van der Waals surface area contributed by atoms with Crippen LogP contribution < -0.4 is 0 Å². The van der Waals surface area contributed by atoms with Gasteiger partial charge >= 0.3 is 5.97 Å². The van der Waals surface area contributed by atoms with Crippen LogP contribution >= 0.6 is 0 Å². The predicted octanol–water partition coefficient (Wildman–Crippen LogP) is 4.63. The number of hydrogen-bond acceptors (Lipinski definition) is 6. The van der Waals surface area contributed by atoms with Gasteiger partial charge in [0.1, 0.15) is 6.10 Å². The average Bonchev–Trinajstić information content (AvgIpc) is 2.57. The Morgan fingerprint density at radius 3 is 1.85 bits per heavy atom. The largest absolute Gasteiger partial charge is 0.381 e. The summed E-state index contributed by atoms with van der Waals surface area (Å²) in [5.41, 5.74) is -0.617. The Kier molecular flexibility index (Phi) is 14.6. The van der Waals surface area contributed by atoms with E-state index in [1.165, 1.54) is 0 Å². The predicted molar refractivity (Wildman–Crippen MR) is 108 cm³/mol. The molecule has 0 saturated carbocycles. The summed E-state index contributed by atoms with van der Waals surface area (Å²) in [4.78, 5) is 0. The molecule has 0 aromatic rings. The van der Waals surface area contributed by atoms with Gasteiger partial charge in [-0.15, -0.1) is 0 Å². The lowest BCUT2D eigenvalue weighted by molar-refractivity contribution is -0.455. The van der Waals surface area contributed by atoms with Crippen molar-refractivity contribution in [3.8, 4) is 0 Å². The Balaban J connectivity index is 5.36. The van der Waals surface area contributed by atoms with Crippen LogP contribution in [-0.4, -0.2) is 55.5 Å². The molecule has 6 nitrogen and oxygen atoms in total. The van der Waals surface area contributed by atoms with Gasteiger partial charge < -0.3 is 24.1 Å². The van der Waals surface area contributed by atoms with E-state index in [-0.39, 0.29) is 0 Å². The number of aliphatic hydroxyl groups is 1. The van der Waals surface area contributed by atoms with E-state index >= 15 is 0 Å². The van der Waals surface area contributed by atoms with Crippen molar-refractivity contribution in [3.63, 3.8) is 0 Å². The molecule has 0 heterocycles. The second-order valence-corrected chi connectivity index (χ2v) is 7.81. The van der Waals surface area contributed by atoms with Crippen LogP contribution in [0.4, 0.5) is 0 Å². The molecule has 6 heteroatoms. The molecule has 0 aliphatic carbocycles. The Bertz CT molecular complexity index is 344. The summed E-state index contributed by atoms with van der Waals surface area (Å²) in [7, 11) is 0. The SMILES string of the molecule is CCCOCCC(OCCC)C(O)(OC(CCC)OCCC)OC(C)(C)C. The molecule has 0 spiro atoms. The lowest BCUT2D eigenvalue weighted by Gasteiger charge is -2.41. The van der Waals surface area contributed by atoms with Crippen LogP contribution in [0.25, 0.3) is 0 Å². The molecule has 0 saturated heterocycles. The molecule has 0 amide bonds. The Hall–Kier alpha value is -0.240. The minimum absolute atomic E-state index is 0.468. The van der Waals surface area contributed by atoms with Gasteiger partial charge in [-0.2, -0.15) is 0 Å². The summed E-state index contributed by atoms with van der Waals surface area (Å²) in [6.07, 6.45) is 3.46. The maximum Gasteiger partial charge on any atom is 0.311 e. The standard InChI is InChI=1S/C21H44O6/c1-8-12-19(25-16-11-4)26-21(22,27-20(5,6)7)18(24-15-10-3)13-17-23-14-9-2/h18-19,22H,8-17H2,1-7H3. The van der Waals surface area contributed by atoms with E-state index in [1.807, 2.05) is 34.6 Å². The van der Waals surface area contributed by atoms with Crippen molar-refractivity contribution in [3.05, 3.63) is 0 Å². The molecule has 0 aliphatic heterocycles. The molecule has 0 aliphatic rings. The van der Waals surface area contributed by atoms with Gasteiger partial charge in [0.2, 0.25) is 0 Å². The highest BCUT2D eigenvalue weighted by molar-refractivity contribution is 4.76. The Morgan fingerprint density at radius 2 is 1.33 bits per heavy atom. The van der Waals surface area contributed by atoms with Crippen molar-refractivity contribution in [2.45, 2.75) is 111 Å². The molecule has 3 unspecified atom stereocenters. The van der Waals surface area contributed by atoms with Crippen molar-refractivity contribution in [2.75, 3.05) is 26.4 Å². The molecule has 0 aromatic carbocycles. The third-order valence-electron chi connectivity index (χ3n) is 3.59. The first-order valence-electron chi connectivity index (χ1n) is 10.6. The van der Waals surface area contributed by atoms with E-state index in [9.17, 15) is 5.11 Å². The van der Waals surface area contributed by atoms with Crippen molar-refractivity contribution in [2.24, 2.45) is 0 Å². The van der Waals surface area contributed by atoms with Gasteiger partial charge in [-0.3, -0.25) is 4.74 Å². The highest BCUT2D eigenvalue weighted by Crippen LogP contribution is 2.29. The molecule has 1 N–H and O–H groups in total. The van der Waals surface area contributed by atoms with E-state index in [1.54, 1.807) is 0 Å². The molecular formula is C21H44O6. The van der Waals surface area contributed by atoms with Gasteiger partial charge in [0, 0.05) is 32.8 Å². The minimum atomic E-state index is -1.91. The normalized spacial score (nSPS) is 16.9. The van der Waals surface area contributed by atoms with Gasteiger partial charge in [0.05, 0.1) is 5.60 Å². The van der Waals surface area contributed by atoms with Gasteiger partial charge in [-0.25, -0.2) is 0 Å². The van der Waals surface area contributed by atoms with E-state index in [0.717, 1.165) is 25.7 Å². The summed E-state index contributed by atoms with van der Waals surface area (Å²) in [5, 5.41) is 11.4. The smallest absolute Gasteiger partial charge is 0.311 e. The van der Waals surface area contributed by atoms with E-state index in [4.69, 9.17) is 23.7 Å². The molecule has 0 radical (unpaired) electrons. The van der Waals surface area contributed by atoms with E-state index in [2.05, 4.69) is 13.8 Å². The van der Waals surface area contributed by atoms with Crippen LogP contribution in [0.1, 0.15) is 87.0 Å². The van der Waals surface area contributed by atoms with Crippen LogP contribution in [0, 0.1) is 0 Å². The summed E-state index contributed by atoms with van der Waals surface area (Å²) in [5.74, 6) is -1.91. The van der Waals surface area contributed by atoms with E-state index in [0.29, 0.717) is 39.3 Å². The zero-order valence-corrected chi connectivity index (χ0v) is 18.7. The van der Waals surface area contributed by atoms with Gasteiger partial charge in [-0.05, 0) is 46.5 Å². The van der Waals surface area contributed by atoms with Crippen molar-refractivity contribution >= 4 is 0 Å². The second kappa shape index (κ2) is 14.7. The first-order chi connectivity index (χ1) is 12.7. The van der Waals surface area contributed by atoms with Crippen molar-refractivity contribution in [1.29, 1.82) is 0 Å². The van der Waals surface area contributed by atoms with Crippen molar-refractivity contribution < 1.29 is 28.8 Å². The van der Waals surface area contributed by atoms with Crippen molar-refractivity contribution in [1.82, 2.24) is 0 Å². The molecule has 0 fully saturated rings. The molecule has 0 bridgehead atoms. The zero-order chi connectivity index (χ0) is 20.8. The highest BCUT2D eigenvalue weighted by Gasteiger charge is 2.45. The topological polar surface area (TPSA) is 66.4 Å². The lowest BCUT2D eigenvalue weighted by Crippen LogP contribution is -2.55. The van der Waals surface area contributed by atoms with Gasteiger partial charge in [-0.1, -0.05) is 34.1 Å². The van der Waals surface area contributed by atoms with E-state index < -0.39 is 24.0 Å². The third kappa shape index (κ3) is 12.8. The Morgan fingerprint density at radius 1 is 0.741 bits per heavy atom. The quantitative estimate of drug-likeness (QED) is 0.288. The minimum Gasteiger partial charge on any atom is -0.381 e. The first-order valence-corrected chi connectivity index (χ1v) is 10.6. The molecule has 0 rings (SSSR count). The number of ether oxygens (including phenoxy) is 5. The molecule has 0 aromatic heterocycles. The summed E-state index contributed by atoms with van der Waals surface area (Å²) >= 11 is 0. The van der Waals surface area contributed by atoms with Gasteiger partial charge in [0.15, 0.2) is 6.29 Å². The van der Waals surface area contributed by atoms with Crippen LogP contribution in [0.5, 0.6) is 0 Å². The lowest BCUT2D eigenvalue weighted by atomic mass is 10.1.